The van der Waals surface area contributed by atoms with Crippen LogP contribution in [0.4, 0.5) is 5.82 Å². The summed E-state index contributed by atoms with van der Waals surface area (Å²) < 4.78 is 0. The molecule has 0 spiro atoms. The van der Waals surface area contributed by atoms with Gasteiger partial charge in [0.1, 0.15) is 10.6 Å². The minimum atomic E-state index is 0.0545. The molecule has 0 fully saturated rings. The number of aryl methyl sites for hydroxylation is 2. The van der Waals surface area contributed by atoms with E-state index in [0.29, 0.717) is 6.42 Å². The average Bonchev–Trinajstić information content (AvgIpc) is 3.08. The van der Waals surface area contributed by atoms with Crippen LogP contribution in [0.5, 0.6) is 0 Å². The number of nitrogens with one attached hydrogen (secondary N) is 1. The van der Waals surface area contributed by atoms with Gasteiger partial charge >= 0.3 is 0 Å². The van der Waals surface area contributed by atoms with Gasteiger partial charge in [-0.2, -0.15) is 5.26 Å². The van der Waals surface area contributed by atoms with Crippen molar-refractivity contribution in [1.29, 1.82) is 5.26 Å². The zero-order valence-electron chi connectivity index (χ0n) is 12.7. The molecule has 0 bridgehead atoms. The maximum absolute atomic E-state index is 8.87. The Hall–Kier alpha value is -1.97. The van der Waals surface area contributed by atoms with Gasteiger partial charge in [-0.3, -0.25) is 0 Å². The third-order valence-corrected chi connectivity index (χ3v) is 5.52. The molecule has 0 radical (unpaired) electrons. The summed E-state index contributed by atoms with van der Waals surface area (Å²) in [5.41, 5.74) is 1.21. The van der Waals surface area contributed by atoms with Crippen LogP contribution in [0.1, 0.15) is 23.8 Å². The number of rotatable bonds is 4. The summed E-state index contributed by atoms with van der Waals surface area (Å²) in [5.74, 6) is 1.58. The molecule has 4 nitrogen and oxygen atoms in total. The highest BCUT2D eigenvalue weighted by molar-refractivity contribution is 7.19. The van der Waals surface area contributed by atoms with Gasteiger partial charge in [0, 0.05) is 10.9 Å². The van der Waals surface area contributed by atoms with Crippen molar-refractivity contribution in [2.24, 2.45) is 0 Å². The first-order valence-corrected chi connectivity index (χ1v) is 8.75. The zero-order valence-corrected chi connectivity index (χ0v) is 14.3. The molecule has 112 valence electrons. The number of hydrogen-bond acceptors (Lipinski definition) is 6. The largest absolute Gasteiger partial charge is 0.366 e. The molecular formula is C16H16N4S2. The molecule has 3 heterocycles. The van der Waals surface area contributed by atoms with Crippen LogP contribution < -0.4 is 5.32 Å². The second-order valence-electron chi connectivity index (χ2n) is 5.24. The number of aromatic nitrogens is 2. The van der Waals surface area contributed by atoms with E-state index in [4.69, 9.17) is 15.2 Å². The summed E-state index contributed by atoms with van der Waals surface area (Å²) >= 11 is 3.33. The third-order valence-electron chi connectivity index (χ3n) is 3.55. The van der Waals surface area contributed by atoms with Gasteiger partial charge in [0.15, 0.2) is 5.82 Å². The molecule has 0 amide bonds. The van der Waals surface area contributed by atoms with Crippen LogP contribution in [-0.2, 0) is 0 Å². The Morgan fingerprint density at radius 3 is 2.86 bits per heavy atom. The number of fused-ring (bicyclic) bond motifs is 1. The maximum atomic E-state index is 8.87. The van der Waals surface area contributed by atoms with E-state index in [1.807, 2.05) is 24.4 Å². The fraction of sp³-hybridized carbons (Fsp3) is 0.312. The van der Waals surface area contributed by atoms with Crippen molar-refractivity contribution in [1.82, 2.24) is 9.97 Å². The first-order chi connectivity index (χ1) is 10.6. The molecule has 3 aromatic heterocycles. The van der Waals surface area contributed by atoms with Crippen LogP contribution in [0.2, 0.25) is 0 Å². The fourth-order valence-corrected chi connectivity index (χ4v) is 3.98. The standard InChI is InChI=1S/C16H16N4S2/c1-9(6-7-17)18-15-13-10(2)11(3)22-16(13)20-14(19-15)12-5-4-8-21-12/h4-5,8-9H,6H2,1-3H3,(H,18,19,20)/t9-/m1/s1. The first-order valence-electron chi connectivity index (χ1n) is 7.05. The van der Waals surface area contributed by atoms with Crippen molar-refractivity contribution in [3.8, 4) is 16.8 Å². The molecule has 0 aliphatic heterocycles. The van der Waals surface area contributed by atoms with Crippen molar-refractivity contribution in [3.05, 3.63) is 28.0 Å². The summed E-state index contributed by atoms with van der Waals surface area (Å²) in [4.78, 5) is 12.8. The number of thiophene rings is 2. The number of nitrogens with zero attached hydrogens (tertiary/aromatic N) is 3. The Morgan fingerprint density at radius 1 is 1.36 bits per heavy atom. The summed E-state index contributed by atoms with van der Waals surface area (Å²) in [7, 11) is 0. The Morgan fingerprint density at radius 2 is 2.18 bits per heavy atom. The Kier molecular flexibility index (Phi) is 4.10. The molecule has 3 aromatic rings. The minimum Gasteiger partial charge on any atom is -0.366 e. The van der Waals surface area contributed by atoms with Gasteiger partial charge < -0.3 is 5.32 Å². The lowest BCUT2D eigenvalue weighted by molar-refractivity contribution is 0.816. The van der Waals surface area contributed by atoms with Crippen LogP contribution in [0.25, 0.3) is 20.9 Å². The second-order valence-corrected chi connectivity index (χ2v) is 7.40. The van der Waals surface area contributed by atoms with Crippen LogP contribution in [0.15, 0.2) is 17.5 Å². The van der Waals surface area contributed by atoms with Gasteiger partial charge in [0.2, 0.25) is 0 Å². The van der Waals surface area contributed by atoms with E-state index in [0.717, 1.165) is 26.7 Å². The Bertz CT molecular complexity index is 843. The number of anilines is 1. The first kappa shape index (κ1) is 14.9. The summed E-state index contributed by atoms with van der Waals surface area (Å²) in [6.45, 7) is 6.20. The molecule has 0 aromatic carbocycles. The van der Waals surface area contributed by atoms with E-state index in [-0.39, 0.29) is 6.04 Å². The minimum absolute atomic E-state index is 0.0545. The lowest BCUT2D eigenvalue weighted by Crippen LogP contribution is -2.15. The zero-order chi connectivity index (χ0) is 15.7. The molecule has 0 saturated carbocycles. The topological polar surface area (TPSA) is 61.6 Å². The van der Waals surface area contributed by atoms with Crippen LogP contribution in [-0.4, -0.2) is 16.0 Å². The molecule has 0 unspecified atom stereocenters. The van der Waals surface area contributed by atoms with E-state index < -0.39 is 0 Å². The molecular weight excluding hydrogens is 312 g/mol. The van der Waals surface area contributed by atoms with Crippen molar-refractivity contribution in [3.63, 3.8) is 0 Å². The predicted octanol–water partition coefficient (Wildman–Crippen LogP) is 4.75. The van der Waals surface area contributed by atoms with E-state index in [1.165, 1.54) is 10.4 Å². The predicted molar refractivity (Wildman–Crippen MR) is 93.5 cm³/mol. The third kappa shape index (κ3) is 2.70. The quantitative estimate of drug-likeness (QED) is 0.750. The molecule has 1 atom stereocenters. The van der Waals surface area contributed by atoms with Gasteiger partial charge in [0.25, 0.3) is 0 Å². The van der Waals surface area contributed by atoms with E-state index >= 15 is 0 Å². The van der Waals surface area contributed by atoms with Crippen molar-refractivity contribution >= 4 is 38.7 Å². The molecule has 22 heavy (non-hydrogen) atoms. The lowest BCUT2D eigenvalue weighted by Gasteiger charge is -2.13. The Labute approximate surface area is 137 Å². The van der Waals surface area contributed by atoms with Crippen LogP contribution in [0.3, 0.4) is 0 Å². The SMILES string of the molecule is Cc1sc2nc(-c3cccs3)nc(N[C@H](C)CC#N)c2c1C. The highest BCUT2D eigenvalue weighted by Crippen LogP contribution is 2.36. The van der Waals surface area contributed by atoms with Crippen molar-refractivity contribution in [2.45, 2.75) is 33.2 Å². The van der Waals surface area contributed by atoms with Gasteiger partial charge in [-0.15, -0.1) is 22.7 Å². The second kappa shape index (κ2) is 6.03. The van der Waals surface area contributed by atoms with Crippen molar-refractivity contribution < 1.29 is 0 Å². The molecule has 6 heteroatoms. The normalized spacial score (nSPS) is 12.3. The number of hydrogen-bond donors (Lipinski definition) is 1. The summed E-state index contributed by atoms with van der Waals surface area (Å²) in [5, 5.41) is 15.4. The summed E-state index contributed by atoms with van der Waals surface area (Å²) in [6.07, 6.45) is 0.446. The molecule has 1 N–H and O–H groups in total. The molecule has 0 saturated heterocycles. The maximum Gasteiger partial charge on any atom is 0.173 e. The van der Waals surface area contributed by atoms with Gasteiger partial charge in [-0.25, -0.2) is 9.97 Å². The molecule has 3 rings (SSSR count). The van der Waals surface area contributed by atoms with Gasteiger partial charge in [0.05, 0.1) is 22.8 Å². The molecule has 0 aliphatic carbocycles. The monoisotopic (exact) mass is 328 g/mol. The van der Waals surface area contributed by atoms with Gasteiger partial charge in [-0.05, 0) is 37.8 Å². The number of nitriles is 1. The van der Waals surface area contributed by atoms with Crippen LogP contribution >= 0.6 is 22.7 Å². The highest BCUT2D eigenvalue weighted by atomic mass is 32.1. The van der Waals surface area contributed by atoms with Gasteiger partial charge in [-0.1, -0.05) is 6.07 Å². The summed E-state index contributed by atoms with van der Waals surface area (Å²) in [6, 6.07) is 6.28. The Balaban J connectivity index is 2.16. The van der Waals surface area contributed by atoms with Crippen LogP contribution in [0, 0.1) is 25.2 Å². The average molecular weight is 328 g/mol. The highest BCUT2D eigenvalue weighted by Gasteiger charge is 2.17. The fourth-order valence-electron chi connectivity index (χ4n) is 2.29. The van der Waals surface area contributed by atoms with E-state index in [2.05, 4.69) is 25.2 Å². The van der Waals surface area contributed by atoms with Crippen molar-refractivity contribution in [2.75, 3.05) is 5.32 Å². The lowest BCUT2D eigenvalue weighted by atomic mass is 10.2. The van der Waals surface area contributed by atoms with E-state index in [9.17, 15) is 0 Å². The smallest absolute Gasteiger partial charge is 0.173 e. The van der Waals surface area contributed by atoms with E-state index in [1.54, 1.807) is 22.7 Å². The molecule has 0 aliphatic rings.